The van der Waals surface area contributed by atoms with Crippen LogP contribution in [0.15, 0.2) is 211 Å². The molecule has 0 fully saturated rings. The monoisotopic (exact) mass is 718 g/mol. The predicted molar refractivity (Wildman–Crippen MR) is 229 cm³/mol. The van der Waals surface area contributed by atoms with E-state index in [1.807, 2.05) is 66.7 Å². The van der Waals surface area contributed by atoms with E-state index < -0.39 is 0 Å². The van der Waals surface area contributed by atoms with Gasteiger partial charge in [0, 0.05) is 33.5 Å². The van der Waals surface area contributed by atoms with E-state index in [1.165, 1.54) is 11.1 Å². The Morgan fingerprint density at radius 3 is 1.43 bits per heavy atom. The van der Waals surface area contributed by atoms with Crippen LogP contribution in [0.4, 0.5) is 17.1 Å². The largest absolute Gasteiger partial charge is 0.456 e. The van der Waals surface area contributed by atoms with Crippen molar-refractivity contribution in [2.24, 2.45) is 0 Å². The predicted octanol–water partition coefficient (Wildman–Crippen LogP) is 13.6. The van der Waals surface area contributed by atoms with Gasteiger partial charge >= 0.3 is 0 Å². The van der Waals surface area contributed by atoms with E-state index in [-0.39, 0.29) is 0 Å². The van der Waals surface area contributed by atoms with Crippen LogP contribution in [-0.4, -0.2) is 15.0 Å². The molecule has 5 heteroatoms. The van der Waals surface area contributed by atoms with Gasteiger partial charge in [0.1, 0.15) is 11.2 Å². The van der Waals surface area contributed by atoms with Gasteiger partial charge in [0.2, 0.25) is 0 Å². The number of benzene rings is 8. The zero-order valence-electron chi connectivity index (χ0n) is 30.3. The topological polar surface area (TPSA) is 55.1 Å². The SMILES string of the molecule is c1ccc(-c2ccc(N(c3ccccc3)c3cccc4oc5cc(-c6cccc(-c7nc(-c8ccccc8)nc(-c8ccccc8)n7)c6)ccc5c34)cc2)cc1. The quantitative estimate of drug-likeness (QED) is 0.157. The maximum Gasteiger partial charge on any atom is 0.164 e. The summed E-state index contributed by atoms with van der Waals surface area (Å²) in [7, 11) is 0. The summed E-state index contributed by atoms with van der Waals surface area (Å²) in [6.45, 7) is 0. The molecule has 0 aliphatic rings. The molecule has 0 amide bonds. The summed E-state index contributed by atoms with van der Waals surface area (Å²) in [6, 6.07) is 71.0. The van der Waals surface area contributed by atoms with Crippen LogP contribution < -0.4 is 4.90 Å². The van der Waals surface area contributed by atoms with Gasteiger partial charge in [-0.05, 0) is 76.9 Å². The average molecular weight is 719 g/mol. The Morgan fingerprint density at radius 2 is 0.786 bits per heavy atom. The molecule has 2 aromatic heterocycles. The maximum atomic E-state index is 6.64. The maximum absolute atomic E-state index is 6.64. The van der Waals surface area contributed by atoms with Gasteiger partial charge in [-0.3, -0.25) is 0 Å². The Bertz CT molecular complexity index is 2890. The van der Waals surface area contributed by atoms with Crippen molar-refractivity contribution in [1.82, 2.24) is 15.0 Å². The molecule has 0 spiro atoms. The van der Waals surface area contributed by atoms with Crippen LogP contribution in [0.5, 0.6) is 0 Å². The summed E-state index contributed by atoms with van der Waals surface area (Å²) in [5.41, 5.74) is 12.1. The summed E-state index contributed by atoms with van der Waals surface area (Å²) in [5.74, 6) is 1.89. The number of fused-ring (bicyclic) bond motifs is 3. The first-order valence-electron chi connectivity index (χ1n) is 18.7. The van der Waals surface area contributed by atoms with E-state index in [4.69, 9.17) is 19.4 Å². The molecule has 10 aromatic rings. The van der Waals surface area contributed by atoms with Crippen LogP contribution in [-0.2, 0) is 0 Å². The van der Waals surface area contributed by atoms with Crippen LogP contribution >= 0.6 is 0 Å². The molecular weight excluding hydrogens is 685 g/mol. The second-order valence-electron chi connectivity index (χ2n) is 13.7. The fourth-order valence-corrected chi connectivity index (χ4v) is 7.39. The van der Waals surface area contributed by atoms with E-state index in [9.17, 15) is 0 Å². The van der Waals surface area contributed by atoms with E-state index in [0.717, 1.165) is 66.8 Å². The summed E-state index contributed by atoms with van der Waals surface area (Å²) in [4.78, 5) is 17.1. The van der Waals surface area contributed by atoms with Gasteiger partial charge in [-0.1, -0.05) is 152 Å². The van der Waals surface area contributed by atoms with Crippen LogP contribution in [0.2, 0.25) is 0 Å². The van der Waals surface area contributed by atoms with Gasteiger partial charge in [-0.2, -0.15) is 0 Å². The van der Waals surface area contributed by atoms with Crippen molar-refractivity contribution >= 4 is 39.0 Å². The Labute approximate surface area is 324 Å². The van der Waals surface area contributed by atoms with Gasteiger partial charge in [0.25, 0.3) is 0 Å². The summed E-state index contributed by atoms with van der Waals surface area (Å²) < 4.78 is 6.64. The molecule has 0 aliphatic heterocycles. The van der Waals surface area contributed by atoms with Crippen molar-refractivity contribution in [3.05, 3.63) is 206 Å². The lowest BCUT2D eigenvalue weighted by Crippen LogP contribution is -2.10. The minimum Gasteiger partial charge on any atom is -0.456 e. The zero-order valence-corrected chi connectivity index (χ0v) is 30.3. The van der Waals surface area contributed by atoms with Gasteiger partial charge in [0.05, 0.1) is 11.1 Å². The highest BCUT2D eigenvalue weighted by atomic mass is 16.3. The lowest BCUT2D eigenvalue weighted by Gasteiger charge is -2.26. The molecule has 10 rings (SSSR count). The molecule has 0 atom stereocenters. The first kappa shape index (κ1) is 33.0. The molecule has 0 unspecified atom stereocenters. The van der Waals surface area contributed by atoms with E-state index in [2.05, 4.69) is 144 Å². The van der Waals surface area contributed by atoms with Gasteiger partial charge in [-0.15, -0.1) is 0 Å². The van der Waals surface area contributed by atoms with E-state index in [1.54, 1.807) is 0 Å². The Hall–Kier alpha value is -7.63. The van der Waals surface area contributed by atoms with Crippen molar-refractivity contribution in [3.8, 4) is 56.4 Å². The third-order valence-corrected chi connectivity index (χ3v) is 10.1. The molecule has 0 saturated carbocycles. The first-order valence-corrected chi connectivity index (χ1v) is 18.7. The van der Waals surface area contributed by atoms with Crippen molar-refractivity contribution in [1.29, 1.82) is 0 Å². The number of anilines is 3. The number of hydrogen-bond donors (Lipinski definition) is 0. The van der Waals surface area contributed by atoms with E-state index in [0.29, 0.717) is 17.5 Å². The Kier molecular flexibility index (Phi) is 8.43. The molecule has 0 bridgehead atoms. The van der Waals surface area contributed by atoms with Crippen LogP contribution in [0.25, 0.3) is 78.4 Å². The van der Waals surface area contributed by atoms with E-state index >= 15 is 0 Å². The number of rotatable bonds is 8. The Morgan fingerprint density at radius 1 is 0.321 bits per heavy atom. The minimum absolute atomic E-state index is 0.617. The number of para-hydroxylation sites is 1. The summed E-state index contributed by atoms with van der Waals surface area (Å²) in [5, 5.41) is 2.11. The highest BCUT2D eigenvalue weighted by Gasteiger charge is 2.20. The van der Waals surface area contributed by atoms with Gasteiger partial charge in [0.15, 0.2) is 17.5 Å². The lowest BCUT2D eigenvalue weighted by molar-refractivity contribution is 0.669. The minimum atomic E-state index is 0.617. The van der Waals surface area contributed by atoms with Crippen molar-refractivity contribution < 1.29 is 4.42 Å². The van der Waals surface area contributed by atoms with Crippen molar-refractivity contribution in [2.75, 3.05) is 4.90 Å². The highest BCUT2D eigenvalue weighted by Crippen LogP contribution is 2.44. The van der Waals surface area contributed by atoms with Gasteiger partial charge in [-0.25, -0.2) is 15.0 Å². The number of nitrogens with zero attached hydrogens (tertiary/aromatic N) is 4. The average Bonchev–Trinajstić information content (AvgIpc) is 3.67. The van der Waals surface area contributed by atoms with Crippen molar-refractivity contribution in [2.45, 2.75) is 0 Å². The fourth-order valence-electron chi connectivity index (χ4n) is 7.39. The Balaban J connectivity index is 1.05. The molecule has 5 nitrogen and oxygen atoms in total. The first-order chi connectivity index (χ1) is 27.7. The summed E-state index contributed by atoms with van der Waals surface area (Å²) >= 11 is 0. The third kappa shape index (κ3) is 6.27. The zero-order chi connectivity index (χ0) is 37.3. The number of furan rings is 1. The smallest absolute Gasteiger partial charge is 0.164 e. The molecule has 8 aromatic carbocycles. The highest BCUT2D eigenvalue weighted by molar-refractivity contribution is 6.14. The second kappa shape index (κ2) is 14.3. The second-order valence-corrected chi connectivity index (χ2v) is 13.7. The van der Waals surface area contributed by atoms with Crippen LogP contribution in [0.3, 0.4) is 0 Å². The third-order valence-electron chi connectivity index (χ3n) is 10.1. The molecule has 0 radical (unpaired) electrons. The van der Waals surface area contributed by atoms with Crippen molar-refractivity contribution in [3.63, 3.8) is 0 Å². The van der Waals surface area contributed by atoms with Crippen LogP contribution in [0.1, 0.15) is 0 Å². The molecule has 0 aliphatic carbocycles. The number of aromatic nitrogens is 3. The summed E-state index contributed by atoms with van der Waals surface area (Å²) in [6.07, 6.45) is 0. The van der Waals surface area contributed by atoms with Gasteiger partial charge < -0.3 is 9.32 Å². The molecule has 56 heavy (non-hydrogen) atoms. The molecule has 0 saturated heterocycles. The number of hydrogen-bond acceptors (Lipinski definition) is 5. The lowest BCUT2D eigenvalue weighted by atomic mass is 10.0. The molecule has 0 N–H and O–H groups in total. The normalized spacial score (nSPS) is 11.2. The fraction of sp³-hybridized carbons (Fsp3) is 0. The molecule has 264 valence electrons. The molecule has 2 heterocycles. The van der Waals surface area contributed by atoms with Crippen LogP contribution in [0, 0.1) is 0 Å². The molecular formula is C51H34N4O. The standard InChI is InChI=1S/C51H34N4O/c1-5-15-35(16-6-1)36-27-30-43(31-28-36)55(42-23-11-4-12-24-42)45-25-14-26-46-48(45)44-32-29-40(34-47(44)56-46)39-21-13-22-41(33-39)51-53-49(37-17-7-2-8-18-37)52-50(54-51)38-19-9-3-10-20-38/h1-34H.